The number of carbonyl (C=O) groups excluding carboxylic acids is 2. The molecule has 0 saturated heterocycles. The molecule has 9 heteroatoms. The average Bonchev–Trinajstić information content (AvgIpc) is 3.18. The van der Waals surface area contributed by atoms with Gasteiger partial charge in [0.15, 0.2) is 0 Å². The number of hydrogen-bond donors (Lipinski definition) is 5. The third-order valence-corrected chi connectivity index (χ3v) is 11.2. The summed E-state index contributed by atoms with van der Waals surface area (Å²) in [6, 6.07) is 0. The fourth-order valence-corrected chi connectivity index (χ4v) is 9.24. The lowest BCUT2D eigenvalue weighted by molar-refractivity contribution is -0.313. The lowest BCUT2D eigenvalue weighted by Crippen LogP contribution is -2.80. The predicted octanol–water partition coefficient (Wildman–Crippen LogP) is 2.64. The van der Waals surface area contributed by atoms with E-state index in [4.69, 9.17) is 9.47 Å². The molecule has 4 rings (SSSR count). The van der Waals surface area contributed by atoms with Crippen LogP contribution in [0.3, 0.4) is 0 Å². The van der Waals surface area contributed by atoms with Crippen LogP contribution in [-0.2, 0) is 19.1 Å². The Hall–Kier alpha value is -1.52. The fraction of sp³-hybridized carbons (Fsp3) is 0.871. The summed E-state index contributed by atoms with van der Waals surface area (Å²) >= 11 is 0. The van der Waals surface area contributed by atoms with Gasteiger partial charge in [0.05, 0.1) is 17.6 Å². The average molecular weight is 567 g/mol. The molecule has 9 nitrogen and oxygen atoms in total. The second kappa shape index (κ2) is 11.0. The minimum absolute atomic E-state index is 0.181. The quantitative estimate of drug-likeness (QED) is 0.220. The first-order valence-corrected chi connectivity index (χ1v) is 15.0. The Labute approximate surface area is 237 Å². The van der Waals surface area contributed by atoms with Gasteiger partial charge in [-0.15, -0.1) is 0 Å². The normalized spacial score (nSPS) is 45.1. The molecule has 4 aliphatic carbocycles. The monoisotopic (exact) mass is 566 g/mol. The Morgan fingerprint density at radius 1 is 0.975 bits per heavy atom. The Morgan fingerprint density at radius 3 is 2.23 bits per heavy atom. The number of fused-ring (bicyclic) bond motifs is 5. The van der Waals surface area contributed by atoms with Crippen LogP contribution >= 0.6 is 0 Å². The van der Waals surface area contributed by atoms with Crippen LogP contribution in [0.2, 0.25) is 0 Å². The van der Waals surface area contributed by atoms with Gasteiger partial charge in [-0.2, -0.15) is 0 Å². The van der Waals surface area contributed by atoms with E-state index in [0.717, 1.165) is 32.1 Å². The van der Waals surface area contributed by atoms with E-state index in [1.165, 1.54) is 19.9 Å². The van der Waals surface area contributed by atoms with Gasteiger partial charge in [-0.3, -0.25) is 9.59 Å². The maximum Gasteiger partial charge on any atom is 0.303 e. The summed E-state index contributed by atoms with van der Waals surface area (Å²) in [5.41, 5.74) is -5.94. The zero-order valence-corrected chi connectivity index (χ0v) is 24.9. The van der Waals surface area contributed by atoms with E-state index in [0.29, 0.717) is 23.8 Å². The van der Waals surface area contributed by atoms with Gasteiger partial charge in [0.1, 0.15) is 30.0 Å². The summed E-state index contributed by atoms with van der Waals surface area (Å²) in [5, 5.41) is 57.9. The summed E-state index contributed by atoms with van der Waals surface area (Å²) in [6.45, 7) is 10.8. The van der Waals surface area contributed by atoms with Gasteiger partial charge < -0.3 is 35.0 Å². The maximum atomic E-state index is 12.9. The van der Waals surface area contributed by atoms with Gasteiger partial charge in [-0.1, -0.05) is 53.0 Å². The molecule has 0 aromatic carbocycles. The van der Waals surface area contributed by atoms with E-state index >= 15 is 0 Å². The summed E-state index contributed by atoms with van der Waals surface area (Å²) in [7, 11) is 0. The molecule has 11 atom stereocenters. The Balaban J connectivity index is 1.85. The predicted molar refractivity (Wildman–Crippen MR) is 147 cm³/mol. The second-order valence-corrected chi connectivity index (χ2v) is 14.0. The molecule has 3 fully saturated rings. The van der Waals surface area contributed by atoms with E-state index in [9.17, 15) is 35.1 Å². The first kappa shape index (κ1) is 31.4. The molecule has 0 bridgehead atoms. The Kier molecular flexibility index (Phi) is 8.60. The molecule has 5 N–H and O–H groups in total. The molecular formula is C31H50O9. The van der Waals surface area contributed by atoms with E-state index in [-0.39, 0.29) is 23.7 Å². The van der Waals surface area contributed by atoms with E-state index in [2.05, 4.69) is 27.7 Å². The van der Waals surface area contributed by atoms with Crippen molar-refractivity contribution in [3.05, 3.63) is 11.6 Å². The van der Waals surface area contributed by atoms with Crippen molar-refractivity contribution in [1.82, 2.24) is 0 Å². The van der Waals surface area contributed by atoms with Crippen molar-refractivity contribution in [2.45, 2.75) is 129 Å². The highest BCUT2D eigenvalue weighted by atomic mass is 16.6. The van der Waals surface area contributed by atoms with Crippen molar-refractivity contribution >= 4 is 11.9 Å². The first-order valence-electron chi connectivity index (χ1n) is 15.0. The fourth-order valence-electron chi connectivity index (χ4n) is 9.24. The number of carbonyl (C=O) groups is 2. The summed E-state index contributed by atoms with van der Waals surface area (Å²) in [6.07, 6.45) is 0.603. The van der Waals surface area contributed by atoms with E-state index < -0.39 is 66.0 Å². The Bertz CT molecular complexity index is 1010. The third-order valence-electron chi connectivity index (χ3n) is 11.2. The van der Waals surface area contributed by atoms with Crippen molar-refractivity contribution < 1.29 is 44.6 Å². The van der Waals surface area contributed by atoms with E-state index in [1.54, 1.807) is 0 Å². The number of ether oxygens (including phenoxy) is 2. The van der Waals surface area contributed by atoms with E-state index in [1.807, 2.05) is 0 Å². The topological polar surface area (TPSA) is 154 Å². The largest absolute Gasteiger partial charge is 0.465 e. The van der Waals surface area contributed by atoms with Gasteiger partial charge in [0.2, 0.25) is 0 Å². The molecule has 0 spiro atoms. The van der Waals surface area contributed by atoms with Crippen LogP contribution in [0.4, 0.5) is 0 Å². The van der Waals surface area contributed by atoms with Crippen LogP contribution in [-0.4, -0.2) is 79.7 Å². The minimum Gasteiger partial charge on any atom is -0.465 e. The maximum absolute atomic E-state index is 12.9. The minimum atomic E-state index is -2.16. The zero-order valence-electron chi connectivity index (χ0n) is 24.9. The van der Waals surface area contributed by atoms with Gasteiger partial charge in [-0.05, 0) is 60.3 Å². The highest BCUT2D eigenvalue weighted by Gasteiger charge is 2.77. The van der Waals surface area contributed by atoms with Gasteiger partial charge in [0, 0.05) is 20.3 Å². The molecule has 40 heavy (non-hydrogen) atoms. The third kappa shape index (κ3) is 4.74. The van der Waals surface area contributed by atoms with Crippen molar-refractivity contribution in [3.8, 4) is 0 Å². The van der Waals surface area contributed by atoms with Gasteiger partial charge >= 0.3 is 11.9 Å². The summed E-state index contributed by atoms with van der Waals surface area (Å²) in [5.74, 6) is -0.137. The lowest BCUT2D eigenvalue weighted by Gasteiger charge is -2.68. The molecule has 0 amide bonds. The standard InChI is InChI=1S/C31H50O9/c1-17(2)8-7-9-18(3)21-10-11-22-23-12-26(36)30(37)14-25(35)24(34)13-29(30,16-39-19(4)32)31(23,38)27(40-20(5)33)15-28(21,22)6/h12,17-18,21-22,24-27,34-38H,7-11,13-16H2,1-6H3. The van der Waals surface area contributed by atoms with Crippen LogP contribution in [0.5, 0.6) is 0 Å². The Morgan fingerprint density at radius 2 is 1.62 bits per heavy atom. The number of aliphatic hydroxyl groups is 5. The van der Waals surface area contributed by atoms with Crippen LogP contribution in [0.25, 0.3) is 0 Å². The van der Waals surface area contributed by atoms with Crippen molar-refractivity contribution in [1.29, 1.82) is 0 Å². The summed E-state index contributed by atoms with van der Waals surface area (Å²) in [4.78, 5) is 24.5. The van der Waals surface area contributed by atoms with Crippen molar-refractivity contribution in [3.63, 3.8) is 0 Å². The molecule has 0 heterocycles. The van der Waals surface area contributed by atoms with Crippen LogP contribution in [0.1, 0.15) is 92.9 Å². The van der Waals surface area contributed by atoms with Gasteiger partial charge in [0.25, 0.3) is 0 Å². The molecule has 3 saturated carbocycles. The zero-order chi connectivity index (χ0) is 29.8. The second-order valence-electron chi connectivity index (χ2n) is 14.0. The number of hydrogen-bond acceptors (Lipinski definition) is 9. The molecule has 0 radical (unpaired) electrons. The smallest absolute Gasteiger partial charge is 0.303 e. The summed E-state index contributed by atoms with van der Waals surface area (Å²) < 4.78 is 11.3. The molecular weight excluding hydrogens is 516 g/mol. The highest BCUT2D eigenvalue weighted by Crippen LogP contribution is 2.69. The SMILES string of the molecule is CC(=O)OCC12CC(O)C(O)CC1(O)C(O)C=C1C3CCC(C(C)CCCC(C)C)C3(C)CC(OC(C)=O)C12O. The van der Waals surface area contributed by atoms with Gasteiger partial charge in [-0.25, -0.2) is 0 Å². The molecule has 4 aliphatic rings. The number of aliphatic hydroxyl groups excluding tert-OH is 3. The van der Waals surface area contributed by atoms with Crippen LogP contribution in [0.15, 0.2) is 11.6 Å². The first-order chi connectivity index (χ1) is 18.5. The van der Waals surface area contributed by atoms with Crippen LogP contribution in [0, 0.1) is 34.5 Å². The van der Waals surface area contributed by atoms with Crippen molar-refractivity contribution in [2.24, 2.45) is 34.5 Å². The molecule has 0 aliphatic heterocycles. The van der Waals surface area contributed by atoms with Crippen LogP contribution < -0.4 is 0 Å². The lowest BCUT2D eigenvalue weighted by atomic mass is 9.42. The van der Waals surface area contributed by atoms with Crippen molar-refractivity contribution in [2.75, 3.05) is 6.61 Å². The molecule has 0 aromatic heterocycles. The molecule has 228 valence electrons. The highest BCUT2D eigenvalue weighted by molar-refractivity contribution is 5.67. The number of rotatable bonds is 8. The number of esters is 2. The molecule has 11 unspecified atom stereocenters. The molecule has 0 aromatic rings.